The molecular weight excluding hydrogens is 653 g/mol. The van der Waals surface area contributed by atoms with Crippen LogP contribution in [0.4, 0.5) is 0 Å². The van der Waals surface area contributed by atoms with Crippen LogP contribution in [0.5, 0.6) is 11.5 Å². The second-order valence-electron chi connectivity index (χ2n) is 14.4. The highest BCUT2D eigenvalue weighted by atomic mass is 32.2. The summed E-state index contributed by atoms with van der Waals surface area (Å²) in [6, 6.07) is 27.8. The molecule has 3 heteroatoms. The molecule has 1 nitrogen and oxygen atoms in total. The quantitative estimate of drug-likeness (QED) is 0.169. The lowest BCUT2D eigenvalue weighted by Gasteiger charge is -2.40. The Hall–Kier alpha value is -4.31. The van der Waals surface area contributed by atoms with Gasteiger partial charge in [-0.1, -0.05) is 149 Å². The fraction of sp³-hybridized carbons (Fsp3) is 0.250. The van der Waals surface area contributed by atoms with Crippen molar-refractivity contribution in [1.82, 2.24) is 0 Å². The molecule has 8 rings (SSSR count). The predicted molar refractivity (Wildman–Crippen MR) is 221 cm³/mol. The normalized spacial score (nSPS) is 22.9. The lowest BCUT2D eigenvalue weighted by atomic mass is 9.74. The van der Waals surface area contributed by atoms with Gasteiger partial charge in [-0.05, 0) is 105 Å². The number of para-hydroxylation sites is 2. The number of ether oxygens (including phenoxy) is 1. The zero-order chi connectivity index (χ0) is 51.0. The van der Waals surface area contributed by atoms with E-state index in [4.69, 9.17) is 21.2 Å². The SMILES string of the molecule is [2H]C([2H])([2H])c1ccc(-c2ccc(C([2H])([2H])[2H])c(-c3cccc4c3Sc3ccccc3C(C)(C)[Si]4(C)C)c2C([2H])([2H])[2H])c(C([2H])([2H])[2H])c1-c1cccc2c1Oc1ccccc1C2(C([2H])([2H])[2H])C([2H])([2H])[2H]. The van der Waals surface area contributed by atoms with Crippen LogP contribution in [0.25, 0.3) is 33.4 Å². The molecule has 256 valence electrons. The molecule has 0 amide bonds. The highest BCUT2D eigenvalue weighted by molar-refractivity contribution is 7.99. The maximum absolute atomic E-state index is 9.23. The Morgan fingerprint density at radius 2 is 1.20 bits per heavy atom. The zero-order valence-corrected chi connectivity index (χ0v) is 30.5. The van der Waals surface area contributed by atoms with E-state index < -0.39 is 82.6 Å². The van der Waals surface area contributed by atoms with Crippen LogP contribution in [-0.4, -0.2) is 8.07 Å². The number of fused-ring (bicyclic) bond motifs is 4. The molecular formula is C48H48OSSi. The third-order valence-electron chi connectivity index (χ3n) is 11.2. The molecule has 0 bridgehead atoms. The van der Waals surface area contributed by atoms with Crippen LogP contribution in [0.1, 0.15) is 91.2 Å². The smallest absolute Gasteiger partial charge is 0.139 e. The molecule has 51 heavy (non-hydrogen) atoms. The summed E-state index contributed by atoms with van der Waals surface area (Å²) in [4.78, 5) is 1.57. The molecule has 0 saturated heterocycles. The van der Waals surface area contributed by atoms with Crippen LogP contribution in [-0.2, 0) is 10.5 Å². The molecule has 0 unspecified atom stereocenters. The fourth-order valence-electron chi connectivity index (χ4n) is 7.66. The molecule has 2 aliphatic rings. The van der Waals surface area contributed by atoms with Crippen molar-refractivity contribution in [2.24, 2.45) is 0 Å². The van der Waals surface area contributed by atoms with Crippen molar-refractivity contribution >= 4 is 25.0 Å². The summed E-state index contributed by atoms with van der Waals surface area (Å²) in [5.74, 6) is -0.580. The van der Waals surface area contributed by atoms with E-state index in [9.17, 15) is 8.22 Å². The van der Waals surface area contributed by atoms with E-state index in [0.29, 0.717) is 10.5 Å². The van der Waals surface area contributed by atoms with E-state index in [1.807, 2.05) is 24.3 Å². The van der Waals surface area contributed by atoms with E-state index in [-0.39, 0.29) is 49.7 Å². The molecule has 0 spiro atoms. The number of hydrogen-bond donors (Lipinski definition) is 0. The second-order valence-corrected chi connectivity index (χ2v) is 20.5. The van der Waals surface area contributed by atoms with Crippen molar-refractivity contribution in [2.75, 3.05) is 0 Å². The maximum Gasteiger partial charge on any atom is 0.139 e. The number of hydrogen-bond acceptors (Lipinski definition) is 2. The molecule has 0 atom stereocenters. The highest BCUT2D eigenvalue weighted by Gasteiger charge is 2.46. The summed E-state index contributed by atoms with van der Waals surface area (Å²) in [6.45, 7) is -10.2. The molecule has 0 radical (unpaired) electrons. The molecule has 0 fully saturated rings. The predicted octanol–water partition coefficient (Wildman–Crippen LogP) is 13.2. The Kier molecular flexibility index (Phi) is 4.41. The topological polar surface area (TPSA) is 9.23 Å². The summed E-state index contributed by atoms with van der Waals surface area (Å²) in [7, 11) is -2.59. The van der Waals surface area contributed by atoms with Gasteiger partial charge in [0.1, 0.15) is 11.5 Å². The average molecular weight is 719 g/mol. The van der Waals surface area contributed by atoms with E-state index in [1.54, 1.807) is 12.1 Å². The second kappa shape index (κ2) is 11.9. The summed E-state index contributed by atoms with van der Waals surface area (Å²) in [5.41, 5.74) is -5.28. The third kappa shape index (κ3) is 4.95. The van der Waals surface area contributed by atoms with Crippen molar-refractivity contribution in [2.45, 2.75) is 88.3 Å². The average Bonchev–Trinajstić information content (AvgIpc) is 3.28. The minimum absolute atomic E-state index is 0.144. The van der Waals surface area contributed by atoms with Crippen LogP contribution in [0, 0.1) is 27.4 Å². The summed E-state index contributed by atoms with van der Waals surface area (Å²) in [5, 5.41) is 0.602. The van der Waals surface area contributed by atoms with E-state index in [1.165, 1.54) is 72.4 Å². The van der Waals surface area contributed by atoms with Gasteiger partial charge in [-0.3, -0.25) is 0 Å². The standard InChI is InChI=1S/C48H48OSSi/c1-29-25-27-33(31(3)43(29)35-17-15-21-39-45(35)49-40-22-13-11-19-37(40)47(39,5)6)34-28-26-30(2)44(32(34)4)36-18-16-24-42-46(36)50-41-23-14-12-20-38(41)48(7,8)51(42,9)10/h11-28H,1-10H3/i1D3,2D3,3D3,4D3,5D3,6D3. The Morgan fingerprint density at radius 3 is 1.88 bits per heavy atom. The molecule has 0 aliphatic carbocycles. The minimum atomic E-state index is -3.29. The fourth-order valence-corrected chi connectivity index (χ4v) is 12.7. The summed E-state index contributed by atoms with van der Waals surface area (Å²) < 4.78 is 167. The van der Waals surface area contributed by atoms with Crippen LogP contribution >= 0.6 is 11.8 Å². The Balaban J connectivity index is 1.54. The lowest BCUT2D eigenvalue weighted by Crippen LogP contribution is -2.57. The van der Waals surface area contributed by atoms with Gasteiger partial charge in [0.2, 0.25) is 0 Å². The van der Waals surface area contributed by atoms with Crippen molar-refractivity contribution < 1.29 is 29.4 Å². The highest BCUT2D eigenvalue weighted by Crippen LogP contribution is 2.53. The van der Waals surface area contributed by atoms with Gasteiger partial charge in [0, 0.05) is 56.6 Å². The Morgan fingerprint density at radius 1 is 0.588 bits per heavy atom. The van der Waals surface area contributed by atoms with Crippen molar-refractivity contribution in [3.63, 3.8) is 0 Å². The molecule has 2 aliphatic heterocycles. The van der Waals surface area contributed by atoms with Gasteiger partial charge in [-0.2, -0.15) is 0 Å². The van der Waals surface area contributed by atoms with Crippen molar-refractivity contribution in [3.8, 4) is 44.9 Å². The third-order valence-corrected chi connectivity index (χ3v) is 17.7. The largest absolute Gasteiger partial charge is 0.456 e. The van der Waals surface area contributed by atoms with Crippen LogP contribution < -0.4 is 9.92 Å². The maximum atomic E-state index is 9.23. The van der Waals surface area contributed by atoms with Gasteiger partial charge in [0.15, 0.2) is 0 Å². The molecule has 0 N–H and O–H groups in total. The van der Waals surface area contributed by atoms with Gasteiger partial charge in [0.25, 0.3) is 0 Å². The Bertz CT molecular complexity index is 3030. The molecule has 2 heterocycles. The van der Waals surface area contributed by atoms with Crippen molar-refractivity contribution in [1.29, 1.82) is 0 Å². The summed E-state index contributed by atoms with van der Waals surface area (Å²) in [6.07, 6.45) is 0. The molecule has 6 aromatic rings. The number of aryl methyl sites for hydroxylation is 2. The van der Waals surface area contributed by atoms with E-state index >= 15 is 0 Å². The van der Waals surface area contributed by atoms with Gasteiger partial charge in [-0.15, -0.1) is 0 Å². The zero-order valence-electron chi connectivity index (χ0n) is 46.7. The lowest BCUT2D eigenvalue weighted by molar-refractivity contribution is 0.419. The van der Waals surface area contributed by atoms with Crippen LogP contribution in [0.3, 0.4) is 0 Å². The van der Waals surface area contributed by atoms with Crippen molar-refractivity contribution in [3.05, 3.63) is 148 Å². The molecule has 0 saturated carbocycles. The monoisotopic (exact) mass is 718 g/mol. The molecule has 6 aromatic carbocycles. The number of rotatable bonds is 3. The van der Waals surface area contributed by atoms with Crippen LogP contribution in [0.2, 0.25) is 13.1 Å². The summed E-state index contributed by atoms with van der Waals surface area (Å²) >= 11 is 1.41. The number of benzene rings is 6. The first-order chi connectivity index (χ1) is 31.6. The van der Waals surface area contributed by atoms with Gasteiger partial charge in [0.05, 0.1) is 8.07 Å². The van der Waals surface area contributed by atoms with Crippen LogP contribution in [0.15, 0.2) is 119 Å². The van der Waals surface area contributed by atoms with Gasteiger partial charge in [-0.25, -0.2) is 0 Å². The Labute approximate surface area is 335 Å². The minimum Gasteiger partial charge on any atom is -0.456 e. The van der Waals surface area contributed by atoms with Gasteiger partial charge < -0.3 is 4.74 Å². The van der Waals surface area contributed by atoms with E-state index in [2.05, 4.69) is 33.0 Å². The van der Waals surface area contributed by atoms with Gasteiger partial charge >= 0.3 is 0 Å². The molecule has 0 aromatic heterocycles. The first-order valence-electron chi connectivity index (χ1n) is 25.8. The first-order valence-corrected chi connectivity index (χ1v) is 20.6. The first kappa shape index (κ1) is 19.0. The van der Waals surface area contributed by atoms with E-state index in [0.717, 1.165) is 21.7 Å².